The van der Waals surface area contributed by atoms with Gasteiger partial charge in [-0.05, 0) is 32.8 Å². The first-order valence-electron chi connectivity index (χ1n) is 7.46. The van der Waals surface area contributed by atoms with E-state index in [1.165, 1.54) is 5.56 Å². The van der Waals surface area contributed by atoms with Crippen LogP contribution in [0.3, 0.4) is 0 Å². The zero-order chi connectivity index (χ0) is 15.5. The second-order valence-electron chi connectivity index (χ2n) is 6.93. The van der Waals surface area contributed by atoms with Gasteiger partial charge in [-0.1, -0.05) is 30.3 Å². The number of carbonyl (C=O) groups excluding carboxylic acids is 1. The van der Waals surface area contributed by atoms with Gasteiger partial charge in [0, 0.05) is 19.6 Å². The maximum atomic E-state index is 11.9. The van der Waals surface area contributed by atoms with Gasteiger partial charge < -0.3 is 9.84 Å². The lowest BCUT2D eigenvalue weighted by atomic mass is 9.99. The molecule has 0 radical (unpaired) electrons. The first-order chi connectivity index (χ1) is 9.76. The molecule has 4 nitrogen and oxygen atoms in total. The van der Waals surface area contributed by atoms with Gasteiger partial charge in [0.2, 0.25) is 0 Å². The Labute approximate surface area is 126 Å². The fourth-order valence-electron chi connectivity index (χ4n) is 2.71. The Hall–Kier alpha value is -1.39. The van der Waals surface area contributed by atoms with Crippen molar-refractivity contribution in [2.75, 3.05) is 13.1 Å². The van der Waals surface area contributed by atoms with Gasteiger partial charge in [-0.2, -0.15) is 0 Å². The molecule has 0 aromatic heterocycles. The highest BCUT2D eigenvalue weighted by Gasteiger charge is 2.39. The first kappa shape index (κ1) is 16.0. The summed E-state index contributed by atoms with van der Waals surface area (Å²) < 4.78 is 5.30. The minimum absolute atomic E-state index is 0.0650. The Morgan fingerprint density at radius 1 is 1.33 bits per heavy atom. The van der Waals surface area contributed by atoms with Crippen LogP contribution >= 0.6 is 0 Å². The molecule has 1 aliphatic rings. The number of likely N-dealkylation sites (tertiary alicyclic amines) is 1. The predicted octanol–water partition coefficient (Wildman–Crippen LogP) is 2.36. The van der Waals surface area contributed by atoms with Crippen LogP contribution in [0.15, 0.2) is 30.3 Å². The number of nitrogens with zero attached hydrogens (tertiary/aromatic N) is 1. The van der Waals surface area contributed by atoms with Crippen LogP contribution in [0.2, 0.25) is 0 Å². The van der Waals surface area contributed by atoms with Gasteiger partial charge in [0.05, 0.1) is 12.0 Å². The molecule has 1 atom stereocenters. The zero-order valence-electron chi connectivity index (χ0n) is 13.1. The van der Waals surface area contributed by atoms with E-state index >= 15 is 0 Å². The molecule has 0 spiro atoms. The van der Waals surface area contributed by atoms with E-state index in [2.05, 4.69) is 17.0 Å². The maximum Gasteiger partial charge on any atom is 0.309 e. The largest absolute Gasteiger partial charge is 0.460 e. The third kappa shape index (κ3) is 5.14. The molecular formula is C17H25NO3. The number of hydrogen-bond acceptors (Lipinski definition) is 4. The Kier molecular flexibility index (Phi) is 4.69. The van der Waals surface area contributed by atoms with Crippen molar-refractivity contribution in [3.63, 3.8) is 0 Å². The van der Waals surface area contributed by atoms with Crippen LogP contribution in [0.4, 0.5) is 0 Å². The number of carbonyl (C=O) groups is 1. The molecule has 1 fully saturated rings. The minimum atomic E-state index is -0.961. The van der Waals surface area contributed by atoms with Gasteiger partial charge >= 0.3 is 5.97 Å². The highest BCUT2D eigenvalue weighted by atomic mass is 16.6. The van der Waals surface area contributed by atoms with Crippen LogP contribution in [0.25, 0.3) is 0 Å². The molecular weight excluding hydrogens is 266 g/mol. The second-order valence-corrected chi connectivity index (χ2v) is 6.93. The molecule has 1 saturated heterocycles. The van der Waals surface area contributed by atoms with E-state index in [0.717, 1.165) is 13.1 Å². The van der Waals surface area contributed by atoms with Crippen LogP contribution in [-0.4, -0.2) is 40.3 Å². The van der Waals surface area contributed by atoms with E-state index in [-0.39, 0.29) is 12.4 Å². The number of ether oxygens (including phenoxy) is 1. The topological polar surface area (TPSA) is 49.8 Å². The van der Waals surface area contributed by atoms with Gasteiger partial charge in [-0.15, -0.1) is 0 Å². The van der Waals surface area contributed by atoms with Crippen LogP contribution in [0, 0.1) is 0 Å². The zero-order valence-corrected chi connectivity index (χ0v) is 13.1. The summed E-state index contributed by atoms with van der Waals surface area (Å²) in [7, 11) is 0. The van der Waals surface area contributed by atoms with E-state index in [1.807, 2.05) is 39.0 Å². The van der Waals surface area contributed by atoms with Crippen molar-refractivity contribution < 1.29 is 14.6 Å². The number of aliphatic hydroxyl groups is 1. The Balaban J connectivity index is 1.87. The standard InChI is InChI=1S/C17H25NO3/c1-16(2,3)21-15(19)11-17(20)9-10-18(13-17)12-14-7-5-4-6-8-14/h4-8,20H,9-13H2,1-3H3. The van der Waals surface area contributed by atoms with E-state index in [0.29, 0.717) is 13.0 Å². The second kappa shape index (κ2) is 6.16. The number of rotatable bonds is 4. The highest BCUT2D eigenvalue weighted by molar-refractivity contribution is 5.71. The van der Waals surface area contributed by atoms with Crippen LogP contribution in [-0.2, 0) is 16.1 Å². The summed E-state index contributed by atoms with van der Waals surface area (Å²) in [6.07, 6.45) is 0.675. The molecule has 1 N–H and O–H groups in total. The summed E-state index contributed by atoms with van der Waals surface area (Å²) in [4.78, 5) is 14.1. The summed E-state index contributed by atoms with van der Waals surface area (Å²) in [6, 6.07) is 10.2. The van der Waals surface area contributed by atoms with Gasteiger partial charge in [0.1, 0.15) is 5.60 Å². The highest BCUT2D eigenvalue weighted by Crippen LogP contribution is 2.27. The van der Waals surface area contributed by atoms with E-state index in [4.69, 9.17) is 4.74 Å². The molecule has 1 unspecified atom stereocenters. The average Bonchev–Trinajstić information content (AvgIpc) is 2.69. The van der Waals surface area contributed by atoms with Crippen molar-refractivity contribution in [1.82, 2.24) is 4.90 Å². The molecule has 1 aliphatic heterocycles. The molecule has 21 heavy (non-hydrogen) atoms. The Bertz CT molecular complexity index is 481. The number of hydrogen-bond donors (Lipinski definition) is 1. The normalized spacial score (nSPS) is 23.2. The first-order valence-corrected chi connectivity index (χ1v) is 7.46. The monoisotopic (exact) mass is 291 g/mol. The maximum absolute atomic E-state index is 11.9. The molecule has 116 valence electrons. The van der Waals surface area contributed by atoms with Gasteiger partial charge in [-0.25, -0.2) is 0 Å². The smallest absolute Gasteiger partial charge is 0.309 e. The lowest BCUT2D eigenvalue weighted by Gasteiger charge is -2.25. The quantitative estimate of drug-likeness (QED) is 0.865. The summed E-state index contributed by atoms with van der Waals surface area (Å²) in [6.45, 7) is 7.63. The number of benzene rings is 1. The molecule has 2 rings (SSSR count). The average molecular weight is 291 g/mol. The predicted molar refractivity (Wildman–Crippen MR) is 81.7 cm³/mol. The molecule has 0 amide bonds. The van der Waals surface area contributed by atoms with Crippen LogP contribution in [0.1, 0.15) is 39.2 Å². The van der Waals surface area contributed by atoms with Crippen molar-refractivity contribution in [3.05, 3.63) is 35.9 Å². The Morgan fingerprint density at radius 2 is 2.00 bits per heavy atom. The van der Waals surface area contributed by atoms with Gasteiger partial charge in [-0.3, -0.25) is 9.69 Å². The number of esters is 1. The molecule has 0 bridgehead atoms. The van der Waals surface area contributed by atoms with Crippen LogP contribution in [0.5, 0.6) is 0 Å². The molecule has 0 saturated carbocycles. The van der Waals surface area contributed by atoms with Gasteiger partial charge in [0.25, 0.3) is 0 Å². The minimum Gasteiger partial charge on any atom is -0.460 e. The molecule has 1 aromatic carbocycles. The lowest BCUT2D eigenvalue weighted by molar-refractivity contribution is -0.159. The van der Waals surface area contributed by atoms with Crippen molar-refractivity contribution in [2.45, 2.75) is 51.4 Å². The van der Waals surface area contributed by atoms with Gasteiger partial charge in [0.15, 0.2) is 0 Å². The number of β-amino-alcohol motifs (C(OH)–C–C–N with tert-alkyl or cyclic N) is 1. The third-order valence-electron chi connectivity index (χ3n) is 3.55. The molecule has 1 aromatic rings. The van der Waals surface area contributed by atoms with Crippen molar-refractivity contribution in [3.8, 4) is 0 Å². The van der Waals surface area contributed by atoms with E-state index in [9.17, 15) is 9.90 Å². The van der Waals surface area contributed by atoms with E-state index in [1.54, 1.807) is 0 Å². The fourth-order valence-corrected chi connectivity index (χ4v) is 2.71. The Morgan fingerprint density at radius 3 is 2.62 bits per heavy atom. The van der Waals surface area contributed by atoms with Crippen molar-refractivity contribution >= 4 is 5.97 Å². The summed E-state index contributed by atoms with van der Waals surface area (Å²) in [5.41, 5.74) is -0.244. The van der Waals surface area contributed by atoms with Crippen molar-refractivity contribution in [1.29, 1.82) is 0 Å². The summed E-state index contributed by atoms with van der Waals surface area (Å²) >= 11 is 0. The van der Waals surface area contributed by atoms with E-state index < -0.39 is 11.2 Å². The molecule has 0 aliphatic carbocycles. The van der Waals surface area contributed by atoms with Crippen molar-refractivity contribution in [2.24, 2.45) is 0 Å². The fraction of sp³-hybridized carbons (Fsp3) is 0.588. The third-order valence-corrected chi connectivity index (χ3v) is 3.55. The summed E-state index contributed by atoms with van der Waals surface area (Å²) in [5.74, 6) is -0.327. The summed E-state index contributed by atoms with van der Waals surface area (Å²) in [5, 5.41) is 10.6. The molecule has 4 heteroatoms. The molecule has 1 heterocycles. The lowest BCUT2D eigenvalue weighted by Crippen LogP contribution is -2.37. The SMILES string of the molecule is CC(C)(C)OC(=O)CC1(O)CCN(Cc2ccccc2)C1. The van der Waals surface area contributed by atoms with Crippen LogP contribution < -0.4 is 0 Å².